The lowest BCUT2D eigenvalue weighted by Gasteiger charge is -2.18. The lowest BCUT2D eigenvalue weighted by molar-refractivity contribution is 0.558. The molecule has 0 aliphatic heterocycles. The van der Waals surface area contributed by atoms with Crippen LogP contribution in [-0.4, -0.2) is 24.6 Å². The predicted octanol–water partition coefficient (Wildman–Crippen LogP) is 3.78. The minimum atomic E-state index is 0.128. The Morgan fingerprint density at radius 3 is 2.52 bits per heavy atom. The third-order valence-electron chi connectivity index (χ3n) is 4.64. The second-order valence-electron chi connectivity index (χ2n) is 8.03. The Morgan fingerprint density at radius 2 is 2.00 bits per heavy atom. The normalized spacial score (nSPS) is 25.2. The third kappa shape index (κ3) is 3.78. The number of anilines is 1. The first-order valence-electron chi connectivity index (χ1n) is 8.29. The molecule has 0 radical (unpaired) electrons. The second kappa shape index (κ2) is 5.54. The maximum atomic E-state index is 4.99. The Labute approximate surface area is 133 Å². The van der Waals surface area contributed by atoms with Crippen LogP contribution < -0.4 is 10.2 Å². The molecule has 118 valence electrons. The standard InChI is InChI=1S/C17H29N3S/c1-11-8-12(11)10-20(5)16-19-15(17(2,3)4)14(21-16)9-18-13-6-7-13/h11-13,18H,6-10H2,1-5H3. The van der Waals surface area contributed by atoms with Gasteiger partial charge in [0.1, 0.15) is 0 Å². The van der Waals surface area contributed by atoms with E-state index in [1.54, 1.807) is 0 Å². The Morgan fingerprint density at radius 1 is 1.33 bits per heavy atom. The van der Waals surface area contributed by atoms with Crippen LogP contribution in [0.25, 0.3) is 0 Å². The van der Waals surface area contributed by atoms with Crippen molar-refractivity contribution >= 4 is 16.5 Å². The molecule has 2 unspecified atom stereocenters. The van der Waals surface area contributed by atoms with E-state index in [0.717, 1.165) is 31.0 Å². The molecule has 3 nitrogen and oxygen atoms in total. The monoisotopic (exact) mass is 307 g/mol. The molecule has 1 aromatic heterocycles. The smallest absolute Gasteiger partial charge is 0.185 e. The molecule has 0 saturated heterocycles. The van der Waals surface area contributed by atoms with Crippen molar-refractivity contribution in [2.45, 2.75) is 65.0 Å². The van der Waals surface area contributed by atoms with Crippen molar-refractivity contribution in [3.05, 3.63) is 10.6 Å². The number of thiazole rings is 1. The average molecular weight is 308 g/mol. The number of hydrogen-bond acceptors (Lipinski definition) is 4. The SMILES string of the molecule is CC1CC1CN(C)c1nc(C(C)(C)C)c(CNC2CC2)s1. The van der Waals surface area contributed by atoms with Crippen LogP contribution in [0.2, 0.25) is 0 Å². The number of hydrogen-bond donors (Lipinski definition) is 1. The summed E-state index contributed by atoms with van der Waals surface area (Å²) in [6.07, 6.45) is 4.07. The van der Waals surface area contributed by atoms with E-state index < -0.39 is 0 Å². The first-order valence-corrected chi connectivity index (χ1v) is 9.11. The molecule has 1 N–H and O–H groups in total. The van der Waals surface area contributed by atoms with Gasteiger partial charge in [-0.1, -0.05) is 27.7 Å². The van der Waals surface area contributed by atoms with Gasteiger partial charge in [-0.25, -0.2) is 4.98 Å². The third-order valence-corrected chi connectivity index (χ3v) is 5.81. The highest BCUT2D eigenvalue weighted by Crippen LogP contribution is 2.40. The van der Waals surface area contributed by atoms with Gasteiger partial charge in [0.25, 0.3) is 0 Å². The zero-order valence-electron chi connectivity index (χ0n) is 14.1. The quantitative estimate of drug-likeness (QED) is 0.867. The van der Waals surface area contributed by atoms with Crippen molar-refractivity contribution in [2.75, 3.05) is 18.5 Å². The maximum Gasteiger partial charge on any atom is 0.185 e. The van der Waals surface area contributed by atoms with Gasteiger partial charge < -0.3 is 10.2 Å². The van der Waals surface area contributed by atoms with Crippen LogP contribution in [0.1, 0.15) is 57.5 Å². The van der Waals surface area contributed by atoms with Gasteiger partial charge in [-0.05, 0) is 31.1 Å². The van der Waals surface area contributed by atoms with Gasteiger partial charge in [0.15, 0.2) is 5.13 Å². The molecule has 2 fully saturated rings. The summed E-state index contributed by atoms with van der Waals surface area (Å²) in [4.78, 5) is 8.79. The molecule has 2 aliphatic carbocycles. The van der Waals surface area contributed by atoms with Crippen LogP contribution in [0.15, 0.2) is 0 Å². The van der Waals surface area contributed by atoms with Crippen molar-refractivity contribution in [1.82, 2.24) is 10.3 Å². The van der Waals surface area contributed by atoms with Gasteiger partial charge in [-0.3, -0.25) is 0 Å². The highest BCUT2D eigenvalue weighted by molar-refractivity contribution is 7.15. The molecule has 0 spiro atoms. The molecule has 4 heteroatoms. The largest absolute Gasteiger partial charge is 0.351 e. The van der Waals surface area contributed by atoms with Gasteiger partial charge in [0.05, 0.1) is 5.69 Å². The minimum Gasteiger partial charge on any atom is -0.351 e. The molecular weight excluding hydrogens is 278 g/mol. The van der Waals surface area contributed by atoms with E-state index in [2.05, 4.69) is 45.0 Å². The van der Waals surface area contributed by atoms with E-state index in [-0.39, 0.29) is 5.41 Å². The molecule has 0 amide bonds. The van der Waals surface area contributed by atoms with Gasteiger partial charge in [-0.2, -0.15) is 0 Å². The molecule has 0 aromatic carbocycles. The van der Waals surface area contributed by atoms with Crippen molar-refractivity contribution in [3.8, 4) is 0 Å². The first kappa shape index (κ1) is 15.3. The summed E-state index contributed by atoms with van der Waals surface area (Å²) in [6.45, 7) is 11.3. The van der Waals surface area contributed by atoms with Gasteiger partial charge >= 0.3 is 0 Å². The van der Waals surface area contributed by atoms with Crippen molar-refractivity contribution in [2.24, 2.45) is 11.8 Å². The van der Waals surface area contributed by atoms with E-state index in [1.807, 2.05) is 11.3 Å². The zero-order valence-corrected chi connectivity index (χ0v) is 14.9. The second-order valence-corrected chi connectivity index (χ2v) is 9.09. The van der Waals surface area contributed by atoms with E-state index >= 15 is 0 Å². The fourth-order valence-corrected chi connectivity index (χ4v) is 4.01. The fourth-order valence-electron chi connectivity index (χ4n) is 2.82. The average Bonchev–Trinajstić information content (AvgIpc) is 3.28. The van der Waals surface area contributed by atoms with Crippen LogP contribution in [0, 0.1) is 11.8 Å². The summed E-state index contributed by atoms with van der Waals surface area (Å²) in [5.41, 5.74) is 1.41. The van der Waals surface area contributed by atoms with E-state index in [9.17, 15) is 0 Å². The Balaban J connectivity index is 1.73. The lowest BCUT2D eigenvalue weighted by Crippen LogP contribution is -2.21. The zero-order chi connectivity index (χ0) is 15.2. The van der Waals surface area contributed by atoms with Crippen LogP contribution in [0.3, 0.4) is 0 Å². The molecule has 0 bridgehead atoms. The predicted molar refractivity (Wildman–Crippen MR) is 91.2 cm³/mol. The van der Waals surface area contributed by atoms with Crippen molar-refractivity contribution < 1.29 is 0 Å². The summed E-state index contributed by atoms with van der Waals surface area (Å²) in [6, 6.07) is 0.758. The molecule has 2 saturated carbocycles. The lowest BCUT2D eigenvalue weighted by atomic mass is 9.91. The number of rotatable bonds is 6. The highest BCUT2D eigenvalue weighted by Gasteiger charge is 2.34. The number of aromatic nitrogens is 1. The summed E-state index contributed by atoms with van der Waals surface area (Å²) in [7, 11) is 2.20. The number of nitrogens with one attached hydrogen (secondary N) is 1. The van der Waals surface area contributed by atoms with E-state index in [1.165, 1.54) is 35.0 Å². The van der Waals surface area contributed by atoms with Crippen LogP contribution in [-0.2, 0) is 12.0 Å². The molecule has 2 atom stereocenters. The molecule has 3 rings (SSSR count). The van der Waals surface area contributed by atoms with Gasteiger partial charge in [0, 0.05) is 36.5 Å². The summed E-state index contributed by atoms with van der Waals surface area (Å²) >= 11 is 1.89. The Bertz CT molecular complexity index is 499. The van der Waals surface area contributed by atoms with Gasteiger partial charge in [0.2, 0.25) is 0 Å². The molecule has 1 heterocycles. The van der Waals surface area contributed by atoms with E-state index in [0.29, 0.717) is 0 Å². The first-order chi connectivity index (χ1) is 9.84. The topological polar surface area (TPSA) is 28.2 Å². The highest BCUT2D eigenvalue weighted by atomic mass is 32.1. The number of nitrogens with zero attached hydrogens (tertiary/aromatic N) is 2. The summed E-state index contributed by atoms with van der Waals surface area (Å²) in [5, 5.41) is 4.85. The van der Waals surface area contributed by atoms with Gasteiger partial charge in [-0.15, -0.1) is 11.3 Å². The van der Waals surface area contributed by atoms with Crippen molar-refractivity contribution in [3.63, 3.8) is 0 Å². The maximum absolute atomic E-state index is 4.99. The van der Waals surface area contributed by atoms with Crippen LogP contribution in [0.4, 0.5) is 5.13 Å². The summed E-state index contributed by atoms with van der Waals surface area (Å²) < 4.78 is 0. The summed E-state index contributed by atoms with van der Waals surface area (Å²) in [5.74, 6) is 1.79. The Hall–Kier alpha value is -0.610. The van der Waals surface area contributed by atoms with Crippen molar-refractivity contribution in [1.29, 1.82) is 0 Å². The minimum absolute atomic E-state index is 0.128. The Kier molecular flexibility index (Phi) is 4.04. The molecule has 21 heavy (non-hydrogen) atoms. The fraction of sp³-hybridized carbons (Fsp3) is 0.824. The molecule has 2 aliphatic rings. The van der Waals surface area contributed by atoms with E-state index in [4.69, 9.17) is 4.98 Å². The molecular formula is C17H29N3S. The van der Waals surface area contributed by atoms with Crippen LogP contribution >= 0.6 is 11.3 Å². The molecule has 1 aromatic rings. The van der Waals surface area contributed by atoms with Crippen LogP contribution in [0.5, 0.6) is 0 Å².